The molecular formula is C19H27IN4O3. The van der Waals surface area contributed by atoms with Gasteiger partial charge < -0.3 is 24.8 Å². The average molecular weight is 486 g/mol. The highest BCUT2D eigenvalue weighted by molar-refractivity contribution is 14.0. The molecule has 148 valence electrons. The molecule has 1 heterocycles. The number of methoxy groups -OCH3 is 1. The highest BCUT2D eigenvalue weighted by atomic mass is 127. The summed E-state index contributed by atoms with van der Waals surface area (Å²) in [7, 11) is 3.34. The van der Waals surface area contributed by atoms with E-state index in [1.54, 1.807) is 20.4 Å². The Morgan fingerprint density at radius 1 is 1.11 bits per heavy atom. The molecule has 2 rings (SSSR count). The van der Waals surface area contributed by atoms with E-state index in [0.717, 1.165) is 11.3 Å². The molecule has 27 heavy (non-hydrogen) atoms. The lowest BCUT2D eigenvalue weighted by Gasteiger charge is -2.15. The van der Waals surface area contributed by atoms with Crippen LogP contribution in [0.25, 0.3) is 0 Å². The van der Waals surface area contributed by atoms with Crippen LogP contribution in [0, 0.1) is 0 Å². The minimum absolute atomic E-state index is 0. The number of nitrogens with zero attached hydrogens (tertiary/aromatic N) is 2. The number of aliphatic imine (C=N–C) groups is 1. The van der Waals surface area contributed by atoms with Crippen LogP contribution < -0.4 is 24.8 Å². The number of benzene rings is 1. The SMILES string of the molecule is CCOc1cc(NC(=NC)NCc2cccnc2OCC)ccc1OC.I. The molecule has 2 N–H and O–H groups in total. The van der Waals surface area contributed by atoms with Gasteiger partial charge in [0.2, 0.25) is 5.88 Å². The maximum Gasteiger partial charge on any atom is 0.218 e. The minimum atomic E-state index is 0. The van der Waals surface area contributed by atoms with E-state index >= 15 is 0 Å². The number of guanidine groups is 1. The summed E-state index contributed by atoms with van der Waals surface area (Å²) in [5.74, 6) is 2.63. The Morgan fingerprint density at radius 2 is 1.89 bits per heavy atom. The standard InChI is InChI=1S/C19H26N4O3.HI/c1-5-25-17-12-15(9-10-16(17)24-4)23-19(20-3)22-13-14-8-7-11-21-18(14)26-6-2;/h7-12H,5-6,13H2,1-4H3,(H2,20,22,23);1H. The van der Waals surface area contributed by atoms with Gasteiger partial charge in [0.05, 0.1) is 20.3 Å². The van der Waals surface area contributed by atoms with E-state index < -0.39 is 0 Å². The van der Waals surface area contributed by atoms with Gasteiger partial charge in [0.25, 0.3) is 0 Å². The Bertz CT molecular complexity index is 741. The third-order valence-electron chi connectivity index (χ3n) is 3.53. The lowest BCUT2D eigenvalue weighted by molar-refractivity contribution is 0.311. The van der Waals surface area contributed by atoms with Crippen molar-refractivity contribution in [3.05, 3.63) is 42.1 Å². The van der Waals surface area contributed by atoms with E-state index in [1.165, 1.54) is 0 Å². The van der Waals surface area contributed by atoms with Gasteiger partial charge in [-0.1, -0.05) is 6.07 Å². The third-order valence-corrected chi connectivity index (χ3v) is 3.53. The summed E-state index contributed by atoms with van der Waals surface area (Å²) >= 11 is 0. The van der Waals surface area contributed by atoms with E-state index in [-0.39, 0.29) is 24.0 Å². The summed E-state index contributed by atoms with van der Waals surface area (Å²) < 4.78 is 16.5. The number of rotatable bonds is 8. The molecule has 0 saturated heterocycles. The molecule has 8 heteroatoms. The topological polar surface area (TPSA) is 77.0 Å². The van der Waals surface area contributed by atoms with Gasteiger partial charge in [-0.2, -0.15) is 0 Å². The van der Waals surface area contributed by atoms with Crippen molar-refractivity contribution >= 4 is 35.6 Å². The molecule has 0 radical (unpaired) electrons. The fourth-order valence-corrected chi connectivity index (χ4v) is 2.34. The highest BCUT2D eigenvalue weighted by Gasteiger charge is 2.08. The summed E-state index contributed by atoms with van der Waals surface area (Å²) in [5.41, 5.74) is 1.81. The van der Waals surface area contributed by atoms with Crippen molar-refractivity contribution in [2.45, 2.75) is 20.4 Å². The van der Waals surface area contributed by atoms with Crippen molar-refractivity contribution in [2.24, 2.45) is 4.99 Å². The zero-order valence-electron chi connectivity index (χ0n) is 16.1. The van der Waals surface area contributed by atoms with Crippen LogP contribution in [-0.2, 0) is 6.54 Å². The molecular weight excluding hydrogens is 459 g/mol. The number of halogens is 1. The first kappa shape index (κ1) is 22.8. The third kappa shape index (κ3) is 6.78. The lowest BCUT2D eigenvalue weighted by Crippen LogP contribution is -2.30. The molecule has 7 nitrogen and oxygen atoms in total. The number of pyridine rings is 1. The van der Waals surface area contributed by atoms with Crippen molar-refractivity contribution in [3.63, 3.8) is 0 Å². The molecule has 2 aromatic rings. The van der Waals surface area contributed by atoms with Crippen molar-refractivity contribution in [1.29, 1.82) is 0 Å². The van der Waals surface area contributed by atoms with Gasteiger partial charge in [-0.05, 0) is 32.0 Å². The van der Waals surface area contributed by atoms with Crippen LogP contribution in [0.3, 0.4) is 0 Å². The first-order valence-electron chi connectivity index (χ1n) is 8.57. The van der Waals surface area contributed by atoms with Crippen LogP contribution in [0.5, 0.6) is 17.4 Å². The lowest BCUT2D eigenvalue weighted by atomic mass is 10.2. The van der Waals surface area contributed by atoms with Crippen molar-refractivity contribution in [2.75, 3.05) is 32.7 Å². The predicted octanol–water partition coefficient (Wildman–Crippen LogP) is 3.69. The van der Waals surface area contributed by atoms with Gasteiger partial charge in [-0.15, -0.1) is 24.0 Å². The molecule has 0 saturated carbocycles. The number of ether oxygens (including phenoxy) is 3. The summed E-state index contributed by atoms with van der Waals surface area (Å²) in [5, 5.41) is 6.50. The average Bonchev–Trinajstić information content (AvgIpc) is 2.67. The monoisotopic (exact) mass is 486 g/mol. The molecule has 0 aliphatic carbocycles. The van der Waals surface area contributed by atoms with Crippen LogP contribution in [0.15, 0.2) is 41.5 Å². The molecule has 0 fully saturated rings. The fourth-order valence-electron chi connectivity index (χ4n) is 2.34. The van der Waals surface area contributed by atoms with Gasteiger partial charge in [-0.3, -0.25) is 4.99 Å². The molecule has 0 atom stereocenters. The summed E-state index contributed by atoms with van der Waals surface area (Å²) in [6.45, 7) is 5.55. The first-order valence-corrected chi connectivity index (χ1v) is 8.57. The second-order valence-electron chi connectivity index (χ2n) is 5.25. The van der Waals surface area contributed by atoms with Crippen LogP contribution in [0.2, 0.25) is 0 Å². The molecule has 0 amide bonds. The molecule has 0 unspecified atom stereocenters. The van der Waals surface area contributed by atoms with Crippen molar-refractivity contribution in [1.82, 2.24) is 10.3 Å². The smallest absolute Gasteiger partial charge is 0.218 e. The molecule has 0 aliphatic rings. The Labute approximate surface area is 177 Å². The van der Waals surface area contributed by atoms with Gasteiger partial charge in [0.1, 0.15) is 0 Å². The number of aromatic nitrogens is 1. The van der Waals surface area contributed by atoms with Gasteiger partial charge in [-0.25, -0.2) is 4.98 Å². The molecule has 1 aromatic heterocycles. The Morgan fingerprint density at radius 3 is 2.56 bits per heavy atom. The fraction of sp³-hybridized carbons (Fsp3) is 0.368. The summed E-state index contributed by atoms with van der Waals surface area (Å²) in [6, 6.07) is 9.50. The van der Waals surface area contributed by atoms with Crippen molar-refractivity contribution < 1.29 is 14.2 Å². The zero-order chi connectivity index (χ0) is 18.8. The summed E-state index contributed by atoms with van der Waals surface area (Å²) in [4.78, 5) is 8.51. The second-order valence-corrected chi connectivity index (χ2v) is 5.25. The van der Waals surface area contributed by atoms with Gasteiger partial charge >= 0.3 is 0 Å². The maximum atomic E-state index is 5.61. The van der Waals surface area contributed by atoms with E-state index in [9.17, 15) is 0 Å². The number of hydrogen-bond acceptors (Lipinski definition) is 5. The molecule has 0 aliphatic heterocycles. The van der Waals surface area contributed by atoms with E-state index in [1.807, 2.05) is 44.2 Å². The van der Waals surface area contributed by atoms with Crippen LogP contribution in [0.4, 0.5) is 5.69 Å². The zero-order valence-corrected chi connectivity index (χ0v) is 18.4. The van der Waals surface area contributed by atoms with E-state index in [2.05, 4.69) is 20.6 Å². The van der Waals surface area contributed by atoms with E-state index in [4.69, 9.17) is 14.2 Å². The van der Waals surface area contributed by atoms with Crippen LogP contribution in [-0.4, -0.2) is 38.3 Å². The normalized spacial score (nSPS) is 10.6. The predicted molar refractivity (Wildman–Crippen MR) is 119 cm³/mol. The quantitative estimate of drug-likeness (QED) is 0.337. The largest absolute Gasteiger partial charge is 0.493 e. The van der Waals surface area contributed by atoms with Crippen molar-refractivity contribution in [3.8, 4) is 17.4 Å². The molecule has 0 spiro atoms. The molecule has 1 aromatic carbocycles. The highest BCUT2D eigenvalue weighted by Crippen LogP contribution is 2.30. The number of hydrogen-bond donors (Lipinski definition) is 2. The van der Waals surface area contributed by atoms with Crippen LogP contribution in [0.1, 0.15) is 19.4 Å². The Hall–Kier alpha value is -2.23. The summed E-state index contributed by atoms with van der Waals surface area (Å²) in [6.07, 6.45) is 1.72. The number of nitrogens with one attached hydrogen (secondary N) is 2. The second kappa shape index (κ2) is 12.2. The number of anilines is 1. The Balaban J connectivity index is 0.00000364. The van der Waals surface area contributed by atoms with Gasteiger partial charge in [0.15, 0.2) is 17.5 Å². The van der Waals surface area contributed by atoms with Crippen LogP contribution >= 0.6 is 24.0 Å². The van der Waals surface area contributed by atoms with E-state index in [0.29, 0.717) is 43.1 Å². The minimum Gasteiger partial charge on any atom is -0.493 e. The Kier molecular flexibility index (Phi) is 10.3. The first-order chi connectivity index (χ1) is 12.7. The van der Waals surface area contributed by atoms with Gasteiger partial charge in [0, 0.05) is 37.1 Å². The maximum absolute atomic E-state index is 5.61. The molecule has 0 bridgehead atoms.